The van der Waals surface area contributed by atoms with Crippen molar-refractivity contribution >= 4 is 0 Å². The van der Waals surface area contributed by atoms with Crippen LogP contribution in [-0.2, 0) is 0 Å². The van der Waals surface area contributed by atoms with E-state index in [-0.39, 0.29) is 18.5 Å². The number of aliphatic hydroxyl groups excluding tert-OH is 1. The van der Waals surface area contributed by atoms with Crippen LogP contribution in [0.4, 0.5) is 4.39 Å². The Hall–Kier alpha value is -0.970. The van der Waals surface area contributed by atoms with Crippen LogP contribution in [0.25, 0.3) is 0 Å². The SMILES string of the molecule is CNC(CCN(CCO)C(C)C)c1ccc(F)cc1. The Labute approximate surface area is 115 Å². The number of hydrogen-bond donors (Lipinski definition) is 2. The lowest BCUT2D eigenvalue weighted by molar-refractivity contribution is 0.160. The van der Waals surface area contributed by atoms with Gasteiger partial charge in [-0.05, 0) is 45.0 Å². The molecule has 0 saturated heterocycles. The quantitative estimate of drug-likeness (QED) is 0.758. The molecule has 0 aromatic heterocycles. The van der Waals surface area contributed by atoms with E-state index >= 15 is 0 Å². The van der Waals surface area contributed by atoms with E-state index < -0.39 is 0 Å². The van der Waals surface area contributed by atoms with E-state index in [1.165, 1.54) is 12.1 Å². The molecule has 0 saturated carbocycles. The molecule has 0 heterocycles. The second-order valence-electron chi connectivity index (χ2n) is 5.03. The molecule has 4 heteroatoms. The van der Waals surface area contributed by atoms with Gasteiger partial charge in [0.25, 0.3) is 0 Å². The van der Waals surface area contributed by atoms with Gasteiger partial charge in [0.15, 0.2) is 0 Å². The van der Waals surface area contributed by atoms with Gasteiger partial charge in [0.05, 0.1) is 6.61 Å². The summed E-state index contributed by atoms with van der Waals surface area (Å²) in [5.41, 5.74) is 1.09. The molecule has 0 fully saturated rings. The van der Waals surface area contributed by atoms with Gasteiger partial charge in [-0.3, -0.25) is 4.90 Å². The highest BCUT2D eigenvalue weighted by Gasteiger charge is 2.13. The van der Waals surface area contributed by atoms with Gasteiger partial charge >= 0.3 is 0 Å². The molecular formula is C15H25FN2O. The van der Waals surface area contributed by atoms with Crippen molar-refractivity contribution in [2.24, 2.45) is 0 Å². The molecule has 0 amide bonds. The highest BCUT2D eigenvalue weighted by Crippen LogP contribution is 2.17. The molecule has 2 N–H and O–H groups in total. The van der Waals surface area contributed by atoms with Crippen LogP contribution in [0, 0.1) is 5.82 Å². The van der Waals surface area contributed by atoms with Crippen molar-refractivity contribution in [1.82, 2.24) is 10.2 Å². The predicted molar refractivity (Wildman–Crippen MR) is 76.6 cm³/mol. The van der Waals surface area contributed by atoms with Gasteiger partial charge in [-0.25, -0.2) is 4.39 Å². The zero-order valence-corrected chi connectivity index (χ0v) is 12.1. The summed E-state index contributed by atoms with van der Waals surface area (Å²) in [7, 11) is 1.92. The topological polar surface area (TPSA) is 35.5 Å². The fourth-order valence-electron chi connectivity index (χ4n) is 2.22. The van der Waals surface area contributed by atoms with Crippen LogP contribution in [0.3, 0.4) is 0 Å². The van der Waals surface area contributed by atoms with Gasteiger partial charge < -0.3 is 10.4 Å². The number of halogens is 1. The average Bonchev–Trinajstić information content (AvgIpc) is 2.39. The van der Waals surface area contributed by atoms with Crippen molar-refractivity contribution in [3.05, 3.63) is 35.6 Å². The molecule has 0 aliphatic carbocycles. The summed E-state index contributed by atoms with van der Waals surface area (Å²) < 4.78 is 12.9. The van der Waals surface area contributed by atoms with Crippen molar-refractivity contribution in [2.75, 3.05) is 26.7 Å². The van der Waals surface area contributed by atoms with E-state index in [0.717, 1.165) is 18.5 Å². The number of rotatable bonds is 8. The monoisotopic (exact) mass is 268 g/mol. The first-order valence-electron chi connectivity index (χ1n) is 6.86. The Morgan fingerprint density at radius 3 is 2.32 bits per heavy atom. The Morgan fingerprint density at radius 2 is 1.84 bits per heavy atom. The number of nitrogens with one attached hydrogen (secondary N) is 1. The molecule has 0 bridgehead atoms. The van der Waals surface area contributed by atoms with Crippen molar-refractivity contribution in [2.45, 2.75) is 32.4 Å². The van der Waals surface area contributed by atoms with Crippen LogP contribution in [0.1, 0.15) is 31.9 Å². The number of nitrogens with zero attached hydrogens (tertiary/aromatic N) is 1. The molecule has 0 aliphatic rings. The summed E-state index contributed by atoms with van der Waals surface area (Å²) in [6.45, 7) is 6.03. The minimum absolute atomic E-state index is 0.180. The number of aliphatic hydroxyl groups is 1. The first kappa shape index (κ1) is 16.1. The summed E-state index contributed by atoms with van der Waals surface area (Å²) in [6.07, 6.45) is 0.931. The summed E-state index contributed by atoms with van der Waals surface area (Å²) in [5.74, 6) is -0.206. The predicted octanol–water partition coefficient (Wildman–Crippen LogP) is 2.18. The van der Waals surface area contributed by atoms with Gasteiger partial charge in [0.1, 0.15) is 5.82 Å². The third-order valence-electron chi connectivity index (χ3n) is 3.44. The highest BCUT2D eigenvalue weighted by molar-refractivity contribution is 5.19. The van der Waals surface area contributed by atoms with Crippen molar-refractivity contribution in [1.29, 1.82) is 0 Å². The van der Waals surface area contributed by atoms with Gasteiger partial charge in [-0.1, -0.05) is 12.1 Å². The fourth-order valence-corrected chi connectivity index (χ4v) is 2.22. The van der Waals surface area contributed by atoms with E-state index in [2.05, 4.69) is 24.1 Å². The minimum atomic E-state index is -0.206. The zero-order chi connectivity index (χ0) is 14.3. The van der Waals surface area contributed by atoms with E-state index in [4.69, 9.17) is 5.11 Å². The standard InChI is InChI=1S/C15H25FN2O/c1-12(2)18(10-11-19)9-8-15(17-3)13-4-6-14(16)7-5-13/h4-7,12,15,17,19H,8-11H2,1-3H3. The lowest BCUT2D eigenvalue weighted by Gasteiger charge is -2.27. The minimum Gasteiger partial charge on any atom is -0.395 e. The maximum atomic E-state index is 12.9. The Morgan fingerprint density at radius 1 is 1.21 bits per heavy atom. The van der Waals surface area contributed by atoms with Crippen LogP contribution in [0.2, 0.25) is 0 Å². The lowest BCUT2D eigenvalue weighted by atomic mass is 10.0. The zero-order valence-electron chi connectivity index (χ0n) is 12.1. The molecule has 0 radical (unpaired) electrons. The second-order valence-corrected chi connectivity index (χ2v) is 5.03. The largest absolute Gasteiger partial charge is 0.395 e. The molecule has 1 unspecified atom stereocenters. The van der Waals surface area contributed by atoms with Crippen molar-refractivity contribution in [3.8, 4) is 0 Å². The first-order valence-corrected chi connectivity index (χ1v) is 6.86. The molecule has 1 aromatic carbocycles. The van der Waals surface area contributed by atoms with Gasteiger partial charge in [0, 0.05) is 25.2 Å². The highest BCUT2D eigenvalue weighted by atomic mass is 19.1. The van der Waals surface area contributed by atoms with Crippen LogP contribution < -0.4 is 5.32 Å². The average molecular weight is 268 g/mol. The van der Waals surface area contributed by atoms with E-state index in [1.807, 2.05) is 19.2 Å². The molecule has 1 rings (SSSR count). The Kier molecular flexibility index (Phi) is 6.99. The van der Waals surface area contributed by atoms with Crippen LogP contribution in [-0.4, -0.2) is 42.8 Å². The normalized spacial score (nSPS) is 13.2. The molecule has 1 aromatic rings. The maximum absolute atomic E-state index is 12.9. The molecule has 0 aliphatic heterocycles. The van der Waals surface area contributed by atoms with Crippen LogP contribution in [0.15, 0.2) is 24.3 Å². The third-order valence-corrected chi connectivity index (χ3v) is 3.44. The molecular weight excluding hydrogens is 243 g/mol. The molecule has 1 atom stereocenters. The molecule has 108 valence electrons. The van der Waals surface area contributed by atoms with Crippen LogP contribution >= 0.6 is 0 Å². The van der Waals surface area contributed by atoms with E-state index in [0.29, 0.717) is 12.6 Å². The van der Waals surface area contributed by atoms with Gasteiger partial charge in [-0.2, -0.15) is 0 Å². The number of hydrogen-bond acceptors (Lipinski definition) is 3. The third kappa shape index (κ3) is 5.27. The maximum Gasteiger partial charge on any atom is 0.123 e. The number of benzene rings is 1. The molecule has 19 heavy (non-hydrogen) atoms. The van der Waals surface area contributed by atoms with E-state index in [9.17, 15) is 4.39 Å². The van der Waals surface area contributed by atoms with Gasteiger partial charge in [0.2, 0.25) is 0 Å². The fraction of sp³-hybridized carbons (Fsp3) is 0.600. The summed E-state index contributed by atoms with van der Waals surface area (Å²) in [4.78, 5) is 2.24. The summed E-state index contributed by atoms with van der Waals surface area (Å²) in [6, 6.07) is 7.25. The Bertz CT molecular complexity index is 354. The van der Waals surface area contributed by atoms with Crippen molar-refractivity contribution in [3.63, 3.8) is 0 Å². The lowest BCUT2D eigenvalue weighted by Crippen LogP contribution is -2.36. The van der Waals surface area contributed by atoms with Gasteiger partial charge in [-0.15, -0.1) is 0 Å². The smallest absolute Gasteiger partial charge is 0.123 e. The first-order chi connectivity index (χ1) is 9.08. The van der Waals surface area contributed by atoms with Crippen LogP contribution in [0.5, 0.6) is 0 Å². The summed E-state index contributed by atoms with van der Waals surface area (Å²) >= 11 is 0. The van der Waals surface area contributed by atoms with Crippen molar-refractivity contribution < 1.29 is 9.50 Å². The molecule has 3 nitrogen and oxygen atoms in total. The van der Waals surface area contributed by atoms with E-state index in [1.54, 1.807) is 0 Å². The summed E-state index contributed by atoms with van der Waals surface area (Å²) in [5, 5.41) is 12.3. The second kappa shape index (κ2) is 8.25. The molecule has 0 spiro atoms. The Balaban J connectivity index is 2.59.